The molecule has 1 aromatic carbocycles. The molecule has 0 fully saturated rings. The number of nitrogens with one attached hydrogen (secondary N) is 1. The number of carboxylic acid groups (broad SMARTS) is 2. The minimum absolute atomic E-state index is 0.731. The molecule has 0 aliphatic rings. The summed E-state index contributed by atoms with van der Waals surface area (Å²) in [6.45, 7) is 4.00. The Morgan fingerprint density at radius 1 is 1.20 bits per heavy atom. The van der Waals surface area contributed by atoms with E-state index in [0.29, 0.717) is 0 Å². The third kappa shape index (κ3) is 4.40. The fraction of sp³-hybridized carbons (Fsp3) is 0.154. The van der Waals surface area contributed by atoms with Gasteiger partial charge in [-0.25, -0.2) is 14.6 Å². The molecule has 0 atom stereocenters. The molecule has 0 aliphatic carbocycles. The van der Waals surface area contributed by atoms with Crippen LogP contribution in [0.5, 0.6) is 0 Å². The Balaban J connectivity index is 0.000000286. The van der Waals surface area contributed by atoms with Gasteiger partial charge in [0.05, 0.1) is 5.69 Å². The zero-order chi connectivity index (χ0) is 15.3. The number of carbonyl (C=O) groups is 2. The van der Waals surface area contributed by atoms with E-state index in [9.17, 15) is 0 Å². The number of H-pyrrole nitrogens is 1. The molecule has 106 valence electrons. The normalized spacial score (nSPS) is 9.55. The highest BCUT2D eigenvalue weighted by Gasteiger charge is 2.05. The standard InChI is InChI=1S/C11H11ClN2.C2H2O4/c1-7-8(2)14-11(13-7)9-4-3-5-10(12)6-9;3-1(4)2(5)6/h3-6H,1-2H3,(H,13,14);(H,3,4)(H,5,6). The number of imidazole rings is 1. The molecule has 0 amide bonds. The summed E-state index contributed by atoms with van der Waals surface area (Å²) in [7, 11) is 0. The largest absolute Gasteiger partial charge is 0.473 e. The van der Waals surface area contributed by atoms with E-state index < -0.39 is 11.9 Å². The van der Waals surface area contributed by atoms with Crippen molar-refractivity contribution in [1.82, 2.24) is 9.97 Å². The van der Waals surface area contributed by atoms with Gasteiger partial charge in [0.1, 0.15) is 5.82 Å². The minimum Gasteiger partial charge on any atom is -0.473 e. The van der Waals surface area contributed by atoms with Gasteiger partial charge >= 0.3 is 11.9 Å². The summed E-state index contributed by atoms with van der Waals surface area (Å²) in [5.74, 6) is -2.77. The van der Waals surface area contributed by atoms with E-state index in [-0.39, 0.29) is 0 Å². The Morgan fingerprint density at radius 3 is 2.20 bits per heavy atom. The second kappa shape index (κ2) is 6.72. The van der Waals surface area contributed by atoms with Crippen LogP contribution in [0, 0.1) is 13.8 Å². The molecular formula is C13H13ClN2O4. The molecule has 2 aromatic rings. The first-order chi connectivity index (χ1) is 9.31. The van der Waals surface area contributed by atoms with Crippen LogP contribution in [0.2, 0.25) is 5.02 Å². The zero-order valence-corrected chi connectivity index (χ0v) is 11.6. The van der Waals surface area contributed by atoms with Crippen molar-refractivity contribution < 1.29 is 19.8 Å². The van der Waals surface area contributed by atoms with E-state index in [4.69, 9.17) is 31.4 Å². The van der Waals surface area contributed by atoms with Gasteiger partial charge in [-0.05, 0) is 26.0 Å². The van der Waals surface area contributed by atoms with Gasteiger partial charge in [-0.15, -0.1) is 0 Å². The minimum atomic E-state index is -1.82. The lowest BCUT2D eigenvalue weighted by molar-refractivity contribution is -0.159. The van der Waals surface area contributed by atoms with Gasteiger partial charge in [0.2, 0.25) is 0 Å². The average Bonchev–Trinajstić information content (AvgIpc) is 2.70. The SMILES string of the molecule is Cc1nc(-c2cccc(Cl)c2)[nH]c1C.O=C(O)C(=O)O. The molecule has 1 aromatic heterocycles. The third-order valence-corrected chi connectivity index (χ3v) is 2.64. The molecule has 0 spiro atoms. The number of hydrogen-bond acceptors (Lipinski definition) is 3. The highest BCUT2D eigenvalue weighted by atomic mass is 35.5. The van der Waals surface area contributed by atoms with E-state index in [2.05, 4.69) is 9.97 Å². The van der Waals surface area contributed by atoms with Gasteiger partial charge in [-0.1, -0.05) is 23.7 Å². The first-order valence-electron chi connectivity index (χ1n) is 5.56. The van der Waals surface area contributed by atoms with Crippen LogP contribution in [0.1, 0.15) is 11.4 Å². The van der Waals surface area contributed by atoms with Crippen molar-refractivity contribution in [2.24, 2.45) is 0 Å². The number of benzene rings is 1. The fourth-order valence-electron chi connectivity index (χ4n) is 1.32. The molecule has 2 rings (SSSR count). The summed E-state index contributed by atoms with van der Waals surface area (Å²) in [5, 5.41) is 15.5. The van der Waals surface area contributed by atoms with Crippen LogP contribution in [-0.4, -0.2) is 32.1 Å². The maximum absolute atomic E-state index is 9.10. The smallest absolute Gasteiger partial charge is 0.414 e. The predicted molar refractivity (Wildman–Crippen MR) is 73.8 cm³/mol. The lowest BCUT2D eigenvalue weighted by Crippen LogP contribution is -2.09. The van der Waals surface area contributed by atoms with E-state index in [1.54, 1.807) is 0 Å². The first kappa shape index (κ1) is 15.7. The number of rotatable bonds is 1. The molecule has 0 unspecified atom stereocenters. The number of nitrogens with zero attached hydrogens (tertiary/aromatic N) is 1. The van der Waals surface area contributed by atoms with E-state index in [1.807, 2.05) is 38.1 Å². The van der Waals surface area contributed by atoms with Crippen molar-refractivity contribution >= 4 is 23.5 Å². The number of aliphatic carboxylic acids is 2. The van der Waals surface area contributed by atoms with Crippen molar-refractivity contribution in [3.05, 3.63) is 40.7 Å². The zero-order valence-electron chi connectivity index (χ0n) is 10.8. The Kier molecular flexibility index (Phi) is 5.28. The predicted octanol–water partition coefficient (Wildman–Crippen LogP) is 2.50. The fourth-order valence-corrected chi connectivity index (χ4v) is 1.51. The number of halogens is 1. The maximum Gasteiger partial charge on any atom is 0.414 e. The molecule has 0 saturated carbocycles. The highest BCUT2D eigenvalue weighted by molar-refractivity contribution is 6.30. The Labute approximate surface area is 120 Å². The lowest BCUT2D eigenvalue weighted by Gasteiger charge is -1.96. The molecule has 0 radical (unpaired) electrons. The van der Waals surface area contributed by atoms with Crippen LogP contribution in [0.3, 0.4) is 0 Å². The molecule has 6 nitrogen and oxygen atoms in total. The van der Waals surface area contributed by atoms with E-state index in [1.165, 1.54) is 0 Å². The van der Waals surface area contributed by atoms with Gasteiger partial charge in [0, 0.05) is 16.3 Å². The van der Waals surface area contributed by atoms with Gasteiger partial charge in [-0.2, -0.15) is 0 Å². The number of hydrogen-bond donors (Lipinski definition) is 3. The van der Waals surface area contributed by atoms with Gasteiger partial charge in [-0.3, -0.25) is 0 Å². The van der Waals surface area contributed by atoms with Crippen molar-refractivity contribution in [3.63, 3.8) is 0 Å². The molecule has 0 aliphatic heterocycles. The summed E-state index contributed by atoms with van der Waals surface area (Å²) in [5.41, 5.74) is 3.15. The summed E-state index contributed by atoms with van der Waals surface area (Å²) < 4.78 is 0. The van der Waals surface area contributed by atoms with Crippen LogP contribution in [0.25, 0.3) is 11.4 Å². The summed E-state index contributed by atoms with van der Waals surface area (Å²) in [4.78, 5) is 25.8. The number of aryl methyl sites for hydroxylation is 2. The molecule has 7 heteroatoms. The molecule has 0 bridgehead atoms. The number of aromatic amines is 1. The molecule has 20 heavy (non-hydrogen) atoms. The Bertz CT molecular complexity index is 606. The first-order valence-corrected chi connectivity index (χ1v) is 5.94. The quantitative estimate of drug-likeness (QED) is 0.702. The molecule has 3 N–H and O–H groups in total. The summed E-state index contributed by atoms with van der Waals surface area (Å²) in [6.07, 6.45) is 0. The van der Waals surface area contributed by atoms with Crippen LogP contribution in [-0.2, 0) is 9.59 Å². The molecule has 1 heterocycles. The maximum atomic E-state index is 9.10. The van der Waals surface area contributed by atoms with Crippen LogP contribution >= 0.6 is 11.6 Å². The monoisotopic (exact) mass is 296 g/mol. The van der Waals surface area contributed by atoms with Gasteiger partial charge < -0.3 is 15.2 Å². The highest BCUT2D eigenvalue weighted by Crippen LogP contribution is 2.20. The molecular weight excluding hydrogens is 284 g/mol. The van der Waals surface area contributed by atoms with E-state index >= 15 is 0 Å². The van der Waals surface area contributed by atoms with Crippen LogP contribution in [0.15, 0.2) is 24.3 Å². The van der Waals surface area contributed by atoms with Crippen molar-refractivity contribution in [2.45, 2.75) is 13.8 Å². The number of aromatic nitrogens is 2. The second-order valence-electron chi connectivity index (χ2n) is 3.92. The number of carboxylic acids is 2. The van der Waals surface area contributed by atoms with Crippen LogP contribution < -0.4 is 0 Å². The van der Waals surface area contributed by atoms with Gasteiger partial charge in [0.15, 0.2) is 0 Å². The van der Waals surface area contributed by atoms with E-state index in [0.717, 1.165) is 27.8 Å². The topological polar surface area (TPSA) is 103 Å². The van der Waals surface area contributed by atoms with Crippen LogP contribution in [0.4, 0.5) is 0 Å². The molecule has 0 saturated heterocycles. The van der Waals surface area contributed by atoms with Gasteiger partial charge in [0.25, 0.3) is 0 Å². The average molecular weight is 297 g/mol. The second-order valence-corrected chi connectivity index (χ2v) is 4.35. The van der Waals surface area contributed by atoms with Crippen molar-refractivity contribution in [3.8, 4) is 11.4 Å². The van der Waals surface area contributed by atoms with Crippen molar-refractivity contribution in [2.75, 3.05) is 0 Å². The third-order valence-electron chi connectivity index (χ3n) is 2.41. The summed E-state index contributed by atoms with van der Waals surface area (Å²) in [6, 6.07) is 7.67. The Hall–Kier alpha value is -2.34. The summed E-state index contributed by atoms with van der Waals surface area (Å²) >= 11 is 5.90. The lowest BCUT2D eigenvalue weighted by atomic mass is 10.2. The van der Waals surface area contributed by atoms with Crippen molar-refractivity contribution in [1.29, 1.82) is 0 Å². The Morgan fingerprint density at radius 2 is 1.80 bits per heavy atom.